The first-order chi connectivity index (χ1) is 15.8. The summed E-state index contributed by atoms with van der Waals surface area (Å²) in [6.45, 7) is 9.84. The van der Waals surface area contributed by atoms with Crippen molar-refractivity contribution in [3.05, 3.63) is 94.7 Å². The second-order valence-corrected chi connectivity index (χ2v) is 8.62. The molecular formula is C28H28N2O3. The average molecular weight is 441 g/mol. The Morgan fingerprint density at radius 1 is 0.818 bits per heavy atom. The number of para-hydroxylation sites is 2. The predicted molar refractivity (Wildman–Crippen MR) is 132 cm³/mol. The largest absolute Gasteiger partial charge is 0.489 e. The van der Waals surface area contributed by atoms with Gasteiger partial charge in [0.05, 0.1) is 17.4 Å². The first-order valence-corrected chi connectivity index (χ1v) is 11.1. The molecule has 1 N–H and O–H groups in total. The van der Waals surface area contributed by atoms with E-state index in [0.717, 1.165) is 22.4 Å². The molecule has 0 aromatic heterocycles. The highest BCUT2D eigenvalue weighted by atomic mass is 16.5. The summed E-state index contributed by atoms with van der Waals surface area (Å²) in [5.74, 6) is -0.295. The molecule has 0 aliphatic carbocycles. The Hall–Kier alpha value is -3.86. The van der Waals surface area contributed by atoms with Crippen molar-refractivity contribution in [1.29, 1.82) is 0 Å². The number of hydrogen-bond acceptors (Lipinski definition) is 4. The van der Waals surface area contributed by atoms with Gasteiger partial charge in [0.1, 0.15) is 11.4 Å². The number of aryl methyl sites for hydroxylation is 3. The van der Waals surface area contributed by atoms with Gasteiger partial charge in [0.25, 0.3) is 11.8 Å². The van der Waals surface area contributed by atoms with E-state index in [9.17, 15) is 9.59 Å². The Morgan fingerprint density at radius 3 is 2.18 bits per heavy atom. The Morgan fingerprint density at radius 2 is 1.52 bits per heavy atom. The van der Waals surface area contributed by atoms with Crippen LogP contribution < -0.4 is 15.0 Å². The minimum Gasteiger partial charge on any atom is -0.489 e. The molecule has 0 saturated carbocycles. The smallest absolute Gasteiger partial charge is 0.282 e. The van der Waals surface area contributed by atoms with Crippen LogP contribution in [0.1, 0.15) is 36.1 Å². The van der Waals surface area contributed by atoms with Crippen LogP contribution in [-0.2, 0) is 9.59 Å². The van der Waals surface area contributed by atoms with Crippen LogP contribution in [0.2, 0.25) is 0 Å². The summed E-state index contributed by atoms with van der Waals surface area (Å²) in [5.41, 5.74) is 5.77. The van der Waals surface area contributed by atoms with Crippen LogP contribution in [-0.4, -0.2) is 17.9 Å². The zero-order valence-electron chi connectivity index (χ0n) is 19.6. The molecule has 0 radical (unpaired) electrons. The summed E-state index contributed by atoms with van der Waals surface area (Å²) < 4.78 is 5.91. The van der Waals surface area contributed by atoms with E-state index >= 15 is 0 Å². The van der Waals surface area contributed by atoms with Gasteiger partial charge in [0.15, 0.2) is 0 Å². The third-order valence-electron chi connectivity index (χ3n) is 5.67. The molecule has 33 heavy (non-hydrogen) atoms. The molecule has 0 spiro atoms. The number of ether oxygens (including phenoxy) is 1. The summed E-state index contributed by atoms with van der Waals surface area (Å²) in [4.78, 5) is 28.7. The van der Waals surface area contributed by atoms with Crippen molar-refractivity contribution in [1.82, 2.24) is 0 Å². The molecular weight excluding hydrogens is 412 g/mol. The number of carbonyl (C=O) groups is 2. The standard InChI is InChI=1S/C28H28N2O3/c1-17(2)33-24-9-7-6-8-23(24)30-27(31)25(21-13-12-19(4)20(5)16-21)26(28(30)32)29-22-14-10-18(3)11-15-22/h6-17,29H,1-5H3. The third kappa shape index (κ3) is 4.40. The fraction of sp³-hybridized carbons (Fsp3) is 0.214. The molecule has 3 aromatic rings. The van der Waals surface area contributed by atoms with Crippen LogP contribution in [0.25, 0.3) is 5.57 Å². The molecule has 4 rings (SSSR count). The first-order valence-electron chi connectivity index (χ1n) is 11.1. The molecule has 0 bridgehead atoms. The van der Waals surface area contributed by atoms with Gasteiger partial charge in [-0.25, -0.2) is 4.90 Å². The average Bonchev–Trinajstić information content (AvgIpc) is 3.01. The highest BCUT2D eigenvalue weighted by Crippen LogP contribution is 2.38. The van der Waals surface area contributed by atoms with Gasteiger partial charge in [-0.3, -0.25) is 9.59 Å². The van der Waals surface area contributed by atoms with E-state index in [1.807, 2.05) is 83.1 Å². The van der Waals surface area contributed by atoms with E-state index in [1.165, 1.54) is 4.90 Å². The van der Waals surface area contributed by atoms with Crippen molar-refractivity contribution >= 4 is 28.8 Å². The molecule has 0 unspecified atom stereocenters. The van der Waals surface area contributed by atoms with E-state index in [-0.39, 0.29) is 17.7 Å². The fourth-order valence-corrected chi connectivity index (χ4v) is 3.81. The van der Waals surface area contributed by atoms with Gasteiger partial charge in [0, 0.05) is 5.69 Å². The maximum absolute atomic E-state index is 13.8. The molecule has 1 heterocycles. The summed E-state index contributed by atoms with van der Waals surface area (Å²) in [6.07, 6.45) is -0.101. The van der Waals surface area contributed by atoms with Crippen molar-refractivity contribution in [2.45, 2.75) is 40.7 Å². The zero-order valence-corrected chi connectivity index (χ0v) is 19.6. The number of amides is 2. The SMILES string of the molecule is Cc1ccc(NC2=C(c3ccc(C)c(C)c3)C(=O)N(c3ccccc3OC(C)C)C2=O)cc1. The zero-order chi connectivity index (χ0) is 23.7. The molecule has 168 valence electrons. The first kappa shape index (κ1) is 22.3. The van der Waals surface area contributed by atoms with E-state index in [1.54, 1.807) is 18.2 Å². The maximum atomic E-state index is 13.8. The van der Waals surface area contributed by atoms with E-state index < -0.39 is 5.91 Å². The van der Waals surface area contributed by atoms with Crippen molar-refractivity contribution in [3.8, 4) is 5.75 Å². The van der Waals surface area contributed by atoms with E-state index in [4.69, 9.17) is 4.74 Å². The molecule has 1 aliphatic rings. The highest BCUT2D eigenvalue weighted by Gasteiger charge is 2.41. The predicted octanol–water partition coefficient (Wildman–Crippen LogP) is 5.80. The Kier molecular flexibility index (Phi) is 6.05. The molecule has 5 heteroatoms. The lowest BCUT2D eigenvalue weighted by atomic mass is 9.99. The monoisotopic (exact) mass is 440 g/mol. The second-order valence-electron chi connectivity index (χ2n) is 8.62. The minimum absolute atomic E-state index is 0.101. The van der Waals surface area contributed by atoms with Crippen molar-refractivity contribution < 1.29 is 14.3 Å². The van der Waals surface area contributed by atoms with Gasteiger partial charge < -0.3 is 10.1 Å². The van der Waals surface area contributed by atoms with Crippen LogP contribution >= 0.6 is 0 Å². The Balaban J connectivity index is 1.84. The summed E-state index contributed by atoms with van der Waals surface area (Å²) in [5, 5.41) is 3.22. The van der Waals surface area contributed by atoms with Gasteiger partial charge in [-0.15, -0.1) is 0 Å². The van der Waals surface area contributed by atoms with Gasteiger partial charge in [-0.2, -0.15) is 0 Å². The number of carbonyl (C=O) groups excluding carboxylic acids is 2. The molecule has 3 aromatic carbocycles. The van der Waals surface area contributed by atoms with E-state index in [2.05, 4.69) is 5.32 Å². The number of nitrogens with one attached hydrogen (secondary N) is 1. The van der Waals surface area contributed by atoms with Crippen molar-refractivity contribution in [2.75, 3.05) is 10.2 Å². The molecule has 0 atom stereocenters. The molecule has 1 aliphatic heterocycles. The summed E-state index contributed by atoms with van der Waals surface area (Å²) in [6, 6.07) is 20.7. The Bertz CT molecular complexity index is 1260. The lowest BCUT2D eigenvalue weighted by molar-refractivity contribution is -0.120. The fourth-order valence-electron chi connectivity index (χ4n) is 3.81. The lowest BCUT2D eigenvalue weighted by Crippen LogP contribution is -2.33. The normalized spacial score (nSPS) is 13.8. The Labute approximate surface area is 194 Å². The van der Waals surface area contributed by atoms with Gasteiger partial charge in [-0.05, 0) is 75.6 Å². The number of imide groups is 1. The second kappa shape index (κ2) is 8.94. The molecule has 5 nitrogen and oxygen atoms in total. The van der Waals surface area contributed by atoms with Crippen LogP contribution in [0.15, 0.2) is 72.4 Å². The molecule has 2 amide bonds. The quantitative estimate of drug-likeness (QED) is 0.493. The summed E-state index contributed by atoms with van der Waals surface area (Å²) in [7, 11) is 0. The molecule has 0 saturated heterocycles. The number of benzene rings is 3. The number of rotatable bonds is 6. The van der Waals surface area contributed by atoms with Gasteiger partial charge in [-0.1, -0.05) is 48.0 Å². The van der Waals surface area contributed by atoms with Crippen LogP contribution in [0.3, 0.4) is 0 Å². The number of nitrogens with zero attached hydrogens (tertiary/aromatic N) is 1. The van der Waals surface area contributed by atoms with Crippen molar-refractivity contribution in [2.24, 2.45) is 0 Å². The highest BCUT2D eigenvalue weighted by molar-refractivity contribution is 6.46. The van der Waals surface area contributed by atoms with Crippen molar-refractivity contribution in [3.63, 3.8) is 0 Å². The lowest BCUT2D eigenvalue weighted by Gasteiger charge is -2.20. The topological polar surface area (TPSA) is 58.6 Å². The maximum Gasteiger partial charge on any atom is 0.282 e. The van der Waals surface area contributed by atoms with Gasteiger partial charge >= 0.3 is 0 Å². The van der Waals surface area contributed by atoms with Crippen LogP contribution in [0.4, 0.5) is 11.4 Å². The van der Waals surface area contributed by atoms with Crippen LogP contribution in [0.5, 0.6) is 5.75 Å². The van der Waals surface area contributed by atoms with E-state index in [0.29, 0.717) is 22.6 Å². The van der Waals surface area contributed by atoms with Gasteiger partial charge in [0.2, 0.25) is 0 Å². The van der Waals surface area contributed by atoms with Crippen LogP contribution in [0, 0.1) is 20.8 Å². The summed E-state index contributed by atoms with van der Waals surface area (Å²) >= 11 is 0. The third-order valence-corrected chi connectivity index (χ3v) is 5.67. The minimum atomic E-state index is -0.409. The number of hydrogen-bond donors (Lipinski definition) is 1. The molecule has 0 fully saturated rings. The number of anilines is 2.